The van der Waals surface area contributed by atoms with Crippen LogP contribution < -0.4 is 5.32 Å². The molecule has 2 aromatic heterocycles. The summed E-state index contributed by atoms with van der Waals surface area (Å²) in [5, 5.41) is 4.27. The third kappa shape index (κ3) is 3.00. The molecular formula is C17H19N3O3. The maximum absolute atomic E-state index is 5.87. The highest BCUT2D eigenvalue weighted by Gasteiger charge is 2.15. The number of hydrogen-bond acceptors (Lipinski definition) is 6. The van der Waals surface area contributed by atoms with Gasteiger partial charge in [0.25, 0.3) is 0 Å². The van der Waals surface area contributed by atoms with Gasteiger partial charge in [0.05, 0.1) is 19.3 Å². The fourth-order valence-electron chi connectivity index (χ4n) is 2.88. The number of ether oxygens (including phenoxy) is 2. The van der Waals surface area contributed by atoms with E-state index in [4.69, 9.17) is 13.9 Å². The SMILES string of the molecule is c1ccc2c(c1)oc1c(NCCOCC3CCCO3)ncnc12. The van der Waals surface area contributed by atoms with E-state index in [0.717, 1.165) is 35.9 Å². The van der Waals surface area contributed by atoms with Gasteiger partial charge in [-0.3, -0.25) is 0 Å². The molecule has 1 aliphatic heterocycles. The Bertz CT molecular complexity index is 796. The first-order valence-corrected chi connectivity index (χ1v) is 7.97. The van der Waals surface area contributed by atoms with Gasteiger partial charge in [0, 0.05) is 18.5 Å². The van der Waals surface area contributed by atoms with Gasteiger partial charge in [-0.25, -0.2) is 9.97 Å². The van der Waals surface area contributed by atoms with Crippen molar-refractivity contribution in [2.24, 2.45) is 0 Å². The van der Waals surface area contributed by atoms with Crippen molar-refractivity contribution in [3.05, 3.63) is 30.6 Å². The van der Waals surface area contributed by atoms with Crippen molar-refractivity contribution in [1.82, 2.24) is 9.97 Å². The van der Waals surface area contributed by atoms with E-state index in [1.807, 2.05) is 24.3 Å². The van der Waals surface area contributed by atoms with Crippen molar-refractivity contribution >= 4 is 27.9 Å². The van der Waals surface area contributed by atoms with Crippen molar-refractivity contribution in [2.75, 3.05) is 31.7 Å². The molecule has 1 aliphatic rings. The number of aromatic nitrogens is 2. The summed E-state index contributed by atoms with van der Waals surface area (Å²) in [5.74, 6) is 0.701. The topological polar surface area (TPSA) is 69.4 Å². The summed E-state index contributed by atoms with van der Waals surface area (Å²) in [4.78, 5) is 8.62. The molecule has 3 heterocycles. The van der Waals surface area contributed by atoms with Crippen LogP contribution in [0.5, 0.6) is 0 Å². The maximum atomic E-state index is 5.87. The summed E-state index contributed by atoms with van der Waals surface area (Å²) in [6, 6.07) is 7.86. The average Bonchev–Trinajstić information content (AvgIpc) is 3.22. The van der Waals surface area contributed by atoms with Crippen LogP contribution in [0.25, 0.3) is 22.1 Å². The molecule has 4 rings (SSSR count). The second-order valence-electron chi connectivity index (χ2n) is 5.63. The molecule has 6 heteroatoms. The number of nitrogens with zero attached hydrogens (tertiary/aromatic N) is 2. The number of nitrogens with one attached hydrogen (secondary N) is 1. The molecule has 1 unspecified atom stereocenters. The summed E-state index contributed by atoms with van der Waals surface area (Å²) in [5.41, 5.74) is 2.34. The van der Waals surface area contributed by atoms with Gasteiger partial charge in [-0.1, -0.05) is 12.1 Å². The Labute approximate surface area is 133 Å². The summed E-state index contributed by atoms with van der Waals surface area (Å²) < 4.78 is 17.1. The van der Waals surface area contributed by atoms with Gasteiger partial charge < -0.3 is 19.2 Å². The molecule has 1 atom stereocenters. The Morgan fingerprint density at radius 1 is 1.26 bits per heavy atom. The normalized spacial score (nSPS) is 18.0. The standard InChI is InChI=1S/C17H19N3O3/c1-2-6-14-13(5-1)15-16(23-14)17(20-11-19-15)18-7-9-21-10-12-4-3-8-22-12/h1-2,5-6,11-12H,3-4,7-10H2,(H,18,19,20). The molecule has 1 saturated heterocycles. The summed E-state index contributed by atoms with van der Waals surface area (Å²) in [6.45, 7) is 2.78. The van der Waals surface area contributed by atoms with Gasteiger partial charge in [0.15, 0.2) is 11.4 Å². The van der Waals surface area contributed by atoms with Gasteiger partial charge in [-0.05, 0) is 25.0 Å². The van der Waals surface area contributed by atoms with Crippen LogP contribution in [-0.2, 0) is 9.47 Å². The fraction of sp³-hybridized carbons (Fsp3) is 0.412. The predicted octanol–water partition coefficient (Wildman–Crippen LogP) is 2.98. The number of para-hydroxylation sites is 1. The summed E-state index contributed by atoms with van der Waals surface area (Å²) in [6.07, 6.45) is 4.05. The van der Waals surface area contributed by atoms with E-state index in [1.54, 1.807) is 6.33 Å². The molecular weight excluding hydrogens is 294 g/mol. The molecule has 0 amide bonds. The molecule has 23 heavy (non-hydrogen) atoms. The molecule has 0 aliphatic carbocycles. The van der Waals surface area contributed by atoms with E-state index in [0.29, 0.717) is 31.2 Å². The van der Waals surface area contributed by atoms with Crippen LogP contribution >= 0.6 is 0 Å². The molecule has 6 nitrogen and oxygen atoms in total. The Morgan fingerprint density at radius 3 is 3.13 bits per heavy atom. The number of fused-ring (bicyclic) bond motifs is 3. The fourth-order valence-corrected chi connectivity index (χ4v) is 2.88. The second-order valence-corrected chi connectivity index (χ2v) is 5.63. The van der Waals surface area contributed by atoms with Crippen LogP contribution in [-0.4, -0.2) is 42.4 Å². The first-order valence-electron chi connectivity index (χ1n) is 7.97. The lowest BCUT2D eigenvalue weighted by Crippen LogP contribution is -2.18. The molecule has 1 fully saturated rings. The zero-order valence-electron chi connectivity index (χ0n) is 12.8. The Hall–Kier alpha value is -2.18. The predicted molar refractivity (Wildman–Crippen MR) is 87.6 cm³/mol. The Balaban J connectivity index is 1.40. The summed E-state index contributed by atoms with van der Waals surface area (Å²) in [7, 11) is 0. The van der Waals surface area contributed by atoms with E-state index in [1.165, 1.54) is 0 Å². The lowest BCUT2D eigenvalue weighted by molar-refractivity contribution is 0.0206. The van der Waals surface area contributed by atoms with Crippen LogP contribution in [0, 0.1) is 0 Å². The Morgan fingerprint density at radius 2 is 2.22 bits per heavy atom. The van der Waals surface area contributed by atoms with E-state index in [-0.39, 0.29) is 6.10 Å². The van der Waals surface area contributed by atoms with Crippen molar-refractivity contribution < 1.29 is 13.9 Å². The van der Waals surface area contributed by atoms with Gasteiger partial charge in [-0.15, -0.1) is 0 Å². The minimum absolute atomic E-state index is 0.260. The number of hydrogen-bond donors (Lipinski definition) is 1. The highest BCUT2D eigenvalue weighted by atomic mass is 16.5. The maximum Gasteiger partial charge on any atom is 0.196 e. The van der Waals surface area contributed by atoms with E-state index >= 15 is 0 Å². The number of benzene rings is 1. The van der Waals surface area contributed by atoms with Crippen molar-refractivity contribution in [3.63, 3.8) is 0 Å². The molecule has 1 N–H and O–H groups in total. The largest absolute Gasteiger partial charge is 0.450 e. The van der Waals surface area contributed by atoms with Gasteiger partial charge in [0.2, 0.25) is 0 Å². The van der Waals surface area contributed by atoms with Crippen molar-refractivity contribution in [3.8, 4) is 0 Å². The first-order chi connectivity index (χ1) is 11.4. The number of rotatable bonds is 6. The van der Waals surface area contributed by atoms with Crippen molar-refractivity contribution in [1.29, 1.82) is 0 Å². The smallest absolute Gasteiger partial charge is 0.196 e. The van der Waals surface area contributed by atoms with E-state index in [2.05, 4.69) is 15.3 Å². The quantitative estimate of drug-likeness (QED) is 0.706. The van der Waals surface area contributed by atoms with Crippen LogP contribution in [0.3, 0.4) is 0 Å². The zero-order valence-corrected chi connectivity index (χ0v) is 12.8. The van der Waals surface area contributed by atoms with Gasteiger partial charge >= 0.3 is 0 Å². The molecule has 0 bridgehead atoms. The van der Waals surface area contributed by atoms with E-state index in [9.17, 15) is 0 Å². The third-order valence-corrected chi connectivity index (χ3v) is 4.02. The monoisotopic (exact) mass is 313 g/mol. The van der Waals surface area contributed by atoms with Gasteiger partial charge in [0.1, 0.15) is 17.4 Å². The molecule has 1 aromatic carbocycles. The number of anilines is 1. The molecule has 0 spiro atoms. The highest BCUT2D eigenvalue weighted by molar-refractivity contribution is 6.05. The van der Waals surface area contributed by atoms with Crippen LogP contribution in [0.2, 0.25) is 0 Å². The minimum atomic E-state index is 0.260. The molecule has 120 valence electrons. The zero-order chi connectivity index (χ0) is 15.5. The first kappa shape index (κ1) is 14.4. The van der Waals surface area contributed by atoms with Crippen LogP contribution in [0.1, 0.15) is 12.8 Å². The Kier molecular flexibility index (Phi) is 4.08. The van der Waals surface area contributed by atoms with Crippen molar-refractivity contribution in [2.45, 2.75) is 18.9 Å². The third-order valence-electron chi connectivity index (χ3n) is 4.02. The minimum Gasteiger partial charge on any atom is -0.450 e. The highest BCUT2D eigenvalue weighted by Crippen LogP contribution is 2.30. The second kappa shape index (κ2) is 6.52. The molecule has 0 saturated carbocycles. The lowest BCUT2D eigenvalue weighted by Gasteiger charge is -2.10. The number of furan rings is 1. The molecule has 3 aromatic rings. The summed E-state index contributed by atoms with van der Waals surface area (Å²) >= 11 is 0. The lowest BCUT2D eigenvalue weighted by atomic mass is 10.2. The van der Waals surface area contributed by atoms with Crippen LogP contribution in [0.4, 0.5) is 5.82 Å². The van der Waals surface area contributed by atoms with E-state index < -0.39 is 0 Å². The average molecular weight is 313 g/mol. The van der Waals surface area contributed by atoms with Crippen LogP contribution in [0.15, 0.2) is 35.0 Å². The molecule has 0 radical (unpaired) electrons. The van der Waals surface area contributed by atoms with Gasteiger partial charge in [-0.2, -0.15) is 0 Å².